The molecule has 0 amide bonds. The van der Waals surface area contributed by atoms with E-state index >= 15 is 0 Å². The molecule has 1 aliphatic carbocycles. The molecule has 1 fully saturated rings. The molecule has 0 atom stereocenters. The van der Waals surface area contributed by atoms with Crippen molar-refractivity contribution in [3.63, 3.8) is 0 Å². The Kier molecular flexibility index (Phi) is 4.03. The first-order chi connectivity index (χ1) is 7.72. The van der Waals surface area contributed by atoms with Crippen molar-refractivity contribution in [2.45, 2.75) is 46.2 Å². The molecule has 4 heteroatoms. The molecule has 90 valence electrons. The van der Waals surface area contributed by atoms with Crippen LogP contribution in [0.1, 0.15) is 37.6 Å². The smallest absolute Gasteiger partial charge is 0.0739 e. The Morgan fingerprint density at radius 2 is 2.25 bits per heavy atom. The first kappa shape index (κ1) is 12.1. The molecule has 1 aromatic rings. The van der Waals surface area contributed by atoms with Crippen LogP contribution >= 0.6 is 15.9 Å². The second-order valence-electron chi connectivity index (χ2n) is 4.57. The predicted molar refractivity (Wildman–Crippen MR) is 69.4 cm³/mol. The average Bonchev–Trinajstić information content (AvgIpc) is 3.05. The van der Waals surface area contributed by atoms with Gasteiger partial charge in [-0.1, -0.05) is 12.8 Å². The standard InChI is InChI=1S/C12H20BrN3/c1-3-16-11(12(13)9(2)15-16)8-14-7-6-10-4-5-10/h10,14H,3-8H2,1-2H3. The highest BCUT2D eigenvalue weighted by atomic mass is 79.9. The minimum Gasteiger partial charge on any atom is -0.311 e. The van der Waals surface area contributed by atoms with Crippen LogP contribution in [0, 0.1) is 12.8 Å². The summed E-state index contributed by atoms with van der Waals surface area (Å²) in [5.74, 6) is 1.01. The lowest BCUT2D eigenvalue weighted by Crippen LogP contribution is -2.18. The van der Waals surface area contributed by atoms with Gasteiger partial charge in [-0.25, -0.2) is 0 Å². The number of aromatic nitrogens is 2. The minimum absolute atomic E-state index is 0.919. The normalized spacial score (nSPS) is 15.7. The molecule has 0 radical (unpaired) electrons. The third-order valence-electron chi connectivity index (χ3n) is 3.17. The van der Waals surface area contributed by atoms with Crippen LogP contribution < -0.4 is 5.32 Å². The zero-order valence-electron chi connectivity index (χ0n) is 10.1. The number of nitrogens with zero attached hydrogens (tertiary/aromatic N) is 2. The van der Waals surface area contributed by atoms with Crippen molar-refractivity contribution in [3.8, 4) is 0 Å². The fourth-order valence-corrected chi connectivity index (χ4v) is 2.38. The Balaban J connectivity index is 1.86. The molecule has 2 rings (SSSR count). The topological polar surface area (TPSA) is 29.9 Å². The molecule has 16 heavy (non-hydrogen) atoms. The number of aryl methyl sites for hydroxylation is 2. The van der Waals surface area contributed by atoms with Gasteiger partial charge in [0.25, 0.3) is 0 Å². The largest absolute Gasteiger partial charge is 0.311 e. The molecular formula is C12H20BrN3. The van der Waals surface area contributed by atoms with Gasteiger partial charge in [0, 0.05) is 13.1 Å². The Morgan fingerprint density at radius 1 is 1.50 bits per heavy atom. The van der Waals surface area contributed by atoms with E-state index in [1.54, 1.807) is 0 Å². The van der Waals surface area contributed by atoms with Crippen LogP contribution in [0.25, 0.3) is 0 Å². The monoisotopic (exact) mass is 285 g/mol. The molecule has 1 aromatic heterocycles. The fourth-order valence-electron chi connectivity index (χ4n) is 1.96. The summed E-state index contributed by atoms with van der Waals surface area (Å²) in [6, 6.07) is 0. The Morgan fingerprint density at radius 3 is 2.88 bits per heavy atom. The SMILES string of the molecule is CCn1nc(C)c(Br)c1CNCCC1CC1. The summed E-state index contributed by atoms with van der Waals surface area (Å²) in [5.41, 5.74) is 2.36. The van der Waals surface area contributed by atoms with Gasteiger partial charge in [-0.05, 0) is 48.7 Å². The molecule has 1 N–H and O–H groups in total. The van der Waals surface area contributed by atoms with Crippen LogP contribution in [0.4, 0.5) is 0 Å². The number of hydrogen-bond donors (Lipinski definition) is 1. The van der Waals surface area contributed by atoms with Crippen LogP contribution in [-0.4, -0.2) is 16.3 Å². The Bertz CT molecular complexity index is 355. The van der Waals surface area contributed by atoms with Crippen LogP contribution in [0.15, 0.2) is 4.47 Å². The van der Waals surface area contributed by atoms with Gasteiger partial charge >= 0.3 is 0 Å². The van der Waals surface area contributed by atoms with E-state index in [0.717, 1.165) is 35.7 Å². The molecule has 1 saturated carbocycles. The highest BCUT2D eigenvalue weighted by molar-refractivity contribution is 9.10. The molecule has 0 bridgehead atoms. The number of halogens is 1. The van der Waals surface area contributed by atoms with Gasteiger partial charge in [0.05, 0.1) is 15.9 Å². The van der Waals surface area contributed by atoms with Crippen LogP contribution in [0.2, 0.25) is 0 Å². The zero-order chi connectivity index (χ0) is 11.5. The maximum Gasteiger partial charge on any atom is 0.0739 e. The summed E-state index contributed by atoms with van der Waals surface area (Å²) in [6.45, 7) is 7.16. The fraction of sp³-hybridized carbons (Fsp3) is 0.750. The summed E-state index contributed by atoms with van der Waals surface area (Å²) >= 11 is 3.61. The number of nitrogens with one attached hydrogen (secondary N) is 1. The van der Waals surface area contributed by atoms with Crippen molar-refractivity contribution in [2.24, 2.45) is 5.92 Å². The molecule has 1 heterocycles. The number of rotatable bonds is 6. The van der Waals surface area contributed by atoms with Crippen molar-refractivity contribution in [3.05, 3.63) is 15.9 Å². The molecule has 0 unspecified atom stereocenters. The van der Waals surface area contributed by atoms with E-state index in [1.165, 1.54) is 25.0 Å². The van der Waals surface area contributed by atoms with Crippen LogP contribution in [0.5, 0.6) is 0 Å². The lowest BCUT2D eigenvalue weighted by Gasteiger charge is -2.07. The quantitative estimate of drug-likeness (QED) is 0.815. The summed E-state index contributed by atoms with van der Waals surface area (Å²) in [4.78, 5) is 0. The van der Waals surface area contributed by atoms with E-state index in [4.69, 9.17) is 0 Å². The summed E-state index contributed by atoms with van der Waals surface area (Å²) < 4.78 is 3.23. The lowest BCUT2D eigenvalue weighted by atomic mass is 10.3. The van der Waals surface area contributed by atoms with Gasteiger partial charge in [-0.2, -0.15) is 5.10 Å². The van der Waals surface area contributed by atoms with Gasteiger partial charge in [-0.15, -0.1) is 0 Å². The molecular weight excluding hydrogens is 266 g/mol. The van der Waals surface area contributed by atoms with E-state index < -0.39 is 0 Å². The Labute approximate surface area is 106 Å². The van der Waals surface area contributed by atoms with Crippen LogP contribution in [-0.2, 0) is 13.1 Å². The molecule has 0 aliphatic heterocycles. The number of hydrogen-bond acceptors (Lipinski definition) is 2. The highest BCUT2D eigenvalue weighted by Crippen LogP contribution is 2.31. The summed E-state index contributed by atoms with van der Waals surface area (Å²) in [5, 5.41) is 8.00. The average molecular weight is 286 g/mol. The van der Waals surface area contributed by atoms with Gasteiger partial charge < -0.3 is 5.32 Å². The maximum atomic E-state index is 4.48. The Hall–Kier alpha value is -0.350. The molecule has 0 saturated heterocycles. The van der Waals surface area contributed by atoms with E-state index in [9.17, 15) is 0 Å². The minimum atomic E-state index is 0.919. The van der Waals surface area contributed by atoms with Crippen LogP contribution in [0.3, 0.4) is 0 Å². The van der Waals surface area contributed by atoms with E-state index in [0.29, 0.717) is 0 Å². The van der Waals surface area contributed by atoms with Crippen molar-refractivity contribution in [1.29, 1.82) is 0 Å². The summed E-state index contributed by atoms with van der Waals surface area (Å²) in [7, 11) is 0. The predicted octanol–water partition coefficient (Wildman–Crippen LogP) is 2.86. The first-order valence-corrected chi connectivity index (χ1v) is 6.94. The molecule has 0 aromatic carbocycles. The van der Waals surface area contributed by atoms with Gasteiger partial charge in [-0.3, -0.25) is 4.68 Å². The van der Waals surface area contributed by atoms with E-state index in [1.807, 2.05) is 6.92 Å². The molecule has 0 spiro atoms. The van der Waals surface area contributed by atoms with Gasteiger partial charge in [0.2, 0.25) is 0 Å². The van der Waals surface area contributed by atoms with Crippen molar-refractivity contribution >= 4 is 15.9 Å². The van der Waals surface area contributed by atoms with E-state index in [-0.39, 0.29) is 0 Å². The second kappa shape index (κ2) is 5.32. The molecule has 3 nitrogen and oxygen atoms in total. The van der Waals surface area contributed by atoms with Crippen molar-refractivity contribution in [1.82, 2.24) is 15.1 Å². The maximum absolute atomic E-state index is 4.48. The zero-order valence-corrected chi connectivity index (χ0v) is 11.7. The second-order valence-corrected chi connectivity index (χ2v) is 5.36. The van der Waals surface area contributed by atoms with E-state index in [2.05, 4.69) is 38.0 Å². The highest BCUT2D eigenvalue weighted by Gasteiger charge is 2.20. The van der Waals surface area contributed by atoms with Crippen molar-refractivity contribution in [2.75, 3.05) is 6.54 Å². The first-order valence-electron chi connectivity index (χ1n) is 6.14. The van der Waals surface area contributed by atoms with Gasteiger partial charge in [0.1, 0.15) is 0 Å². The van der Waals surface area contributed by atoms with Crippen molar-refractivity contribution < 1.29 is 0 Å². The lowest BCUT2D eigenvalue weighted by molar-refractivity contribution is 0.559. The summed E-state index contributed by atoms with van der Waals surface area (Å²) in [6.07, 6.45) is 4.21. The molecule has 1 aliphatic rings. The van der Waals surface area contributed by atoms with Gasteiger partial charge in [0.15, 0.2) is 0 Å². The third-order valence-corrected chi connectivity index (χ3v) is 4.20. The third kappa shape index (κ3) is 2.86.